The molecule has 0 aromatic carbocycles. The highest BCUT2D eigenvalue weighted by molar-refractivity contribution is 7.09. The molecule has 1 aliphatic carbocycles. The topological polar surface area (TPSA) is 60.0 Å². The largest absolute Gasteiger partial charge is 0.348 e. The monoisotopic (exact) mass is 303 g/mol. The number of hydrogen-bond donors (Lipinski definition) is 2. The number of aromatic nitrogens is 1. The van der Waals surface area contributed by atoms with Crippen LogP contribution in [0.2, 0.25) is 0 Å². The van der Waals surface area contributed by atoms with Gasteiger partial charge >= 0.3 is 0 Å². The van der Waals surface area contributed by atoms with Gasteiger partial charge in [-0.2, -0.15) is 0 Å². The Balaban J connectivity index is 1.69. The maximum atomic E-state index is 12.5. The molecule has 112 valence electrons. The first-order valence-electron chi connectivity index (χ1n) is 7.46. The summed E-state index contributed by atoms with van der Waals surface area (Å²) in [5.74, 6) is 0.441. The van der Waals surface area contributed by atoms with Crippen LogP contribution in [0.3, 0.4) is 0 Å². The minimum Gasteiger partial charge on any atom is -0.348 e. The first-order valence-corrected chi connectivity index (χ1v) is 8.34. The minimum atomic E-state index is 0.0157. The number of rotatable bonds is 5. The van der Waals surface area contributed by atoms with Crippen molar-refractivity contribution < 1.29 is 4.79 Å². The highest BCUT2D eigenvalue weighted by atomic mass is 32.1. The molecule has 2 aromatic heterocycles. The van der Waals surface area contributed by atoms with Gasteiger partial charge in [0.25, 0.3) is 5.91 Å². The van der Waals surface area contributed by atoms with E-state index in [4.69, 9.17) is 5.73 Å². The molecule has 0 aliphatic heterocycles. The zero-order chi connectivity index (χ0) is 14.7. The Bertz CT molecular complexity index is 590. The second-order valence-electron chi connectivity index (χ2n) is 5.61. The van der Waals surface area contributed by atoms with E-state index < -0.39 is 0 Å². The molecule has 3 N–H and O–H groups in total. The lowest BCUT2D eigenvalue weighted by Crippen LogP contribution is -2.40. The van der Waals surface area contributed by atoms with E-state index in [2.05, 4.69) is 16.8 Å². The van der Waals surface area contributed by atoms with Crippen LogP contribution in [0, 0.1) is 5.92 Å². The summed E-state index contributed by atoms with van der Waals surface area (Å²) in [7, 11) is 0. The zero-order valence-electron chi connectivity index (χ0n) is 12.0. The fraction of sp³-hybridized carbons (Fsp3) is 0.438. The smallest absolute Gasteiger partial charge is 0.268 e. The van der Waals surface area contributed by atoms with Crippen molar-refractivity contribution in [2.75, 3.05) is 6.54 Å². The van der Waals surface area contributed by atoms with Crippen molar-refractivity contribution >= 4 is 17.2 Å². The molecule has 0 spiro atoms. The van der Waals surface area contributed by atoms with Gasteiger partial charge in [-0.05, 0) is 48.9 Å². The highest BCUT2D eigenvalue weighted by Gasteiger charge is 2.28. The molecule has 4 nitrogen and oxygen atoms in total. The average Bonchev–Trinajstić information content (AvgIpc) is 3.20. The van der Waals surface area contributed by atoms with Gasteiger partial charge in [-0.1, -0.05) is 12.5 Å². The van der Waals surface area contributed by atoms with Crippen LogP contribution in [0.1, 0.15) is 34.6 Å². The Morgan fingerprint density at radius 2 is 2.29 bits per heavy atom. The molecule has 2 aromatic rings. The van der Waals surface area contributed by atoms with Gasteiger partial charge in [-0.15, -0.1) is 11.3 Å². The zero-order valence-corrected chi connectivity index (χ0v) is 12.8. The van der Waals surface area contributed by atoms with Crippen LogP contribution in [0.4, 0.5) is 0 Å². The number of carbonyl (C=O) groups excluding carboxylic acids is 1. The maximum absolute atomic E-state index is 12.5. The SMILES string of the molecule is NCC1CCCC1NC(=O)c1cccn1Cc1cccs1. The summed E-state index contributed by atoms with van der Waals surface area (Å²) >= 11 is 1.71. The van der Waals surface area contributed by atoms with Crippen LogP contribution in [0.15, 0.2) is 35.8 Å². The summed E-state index contributed by atoms with van der Waals surface area (Å²) in [4.78, 5) is 13.8. The molecule has 1 saturated carbocycles. The quantitative estimate of drug-likeness (QED) is 0.891. The van der Waals surface area contributed by atoms with Crippen LogP contribution < -0.4 is 11.1 Å². The van der Waals surface area contributed by atoms with E-state index >= 15 is 0 Å². The van der Waals surface area contributed by atoms with Crippen molar-refractivity contribution in [1.82, 2.24) is 9.88 Å². The lowest BCUT2D eigenvalue weighted by Gasteiger charge is -2.20. The molecule has 0 bridgehead atoms. The van der Waals surface area contributed by atoms with E-state index in [0.29, 0.717) is 12.5 Å². The van der Waals surface area contributed by atoms with Crippen molar-refractivity contribution in [2.24, 2.45) is 11.7 Å². The van der Waals surface area contributed by atoms with Gasteiger partial charge in [0.05, 0.1) is 6.54 Å². The van der Waals surface area contributed by atoms with Gasteiger partial charge in [0, 0.05) is 17.1 Å². The standard InChI is InChI=1S/C16H21N3OS/c17-10-12-4-1-6-14(12)18-16(20)15-7-2-8-19(15)11-13-5-3-9-21-13/h2-3,5,7-9,12,14H,1,4,6,10-11,17H2,(H,18,20). The Morgan fingerprint density at radius 3 is 3.05 bits per heavy atom. The number of carbonyl (C=O) groups is 1. The minimum absolute atomic E-state index is 0.0157. The lowest BCUT2D eigenvalue weighted by atomic mass is 10.0. The van der Waals surface area contributed by atoms with E-state index in [1.807, 2.05) is 29.0 Å². The fourth-order valence-corrected chi connectivity index (χ4v) is 3.78. The van der Waals surface area contributed by atoms with Crippen molar-refractivity contribution in [3.8, 4) is 0 Å². The predicted octanol–water partition coefficient (Wildman–Crippen LogP) is 2.46. The Labute approximate surface area is 129 Å². The van der Waals surface area contributed by atoms with Crippen molar-refractivity contribution in [3.05, 3.63) is 46.4 Å². The summed E-state index contributed by atoms with van der Waals surface area (Å²) in [6.07, 6.45) is 5.28. The van der Waals surface area contributed by atoms with Crippen molar-refractivity contribution in [2.45, 2.75) is 31.8 Å². The Kier molecular flexibility index (Phi) is 4.41. The predicted molar refractivity (Wildman–Crippen MR) is 85.5 cm³/mol. The molecule has 0 radical (unpaired) electrons. The van der Waals surface area contributed by atoms with E-state index in [9.17, 15) is 4.79 Å². The van der Waals surface area contributed by atoms with Crippen LogP contribution >= 0.6 is 11.3 Å². The molecule has 2 atom stereocenters. The average molecular weight is 303 g/mol. The molecular weight excluding hydrogens is 282 g/mol. The molecule has 3 rings (SSSR count). The number of nitrogens with two attached hydrogens (primary N) is 1. The van der Waals surface area contributed by atoms with Gasteiger partial charge in [0.15, 0.2) is 0 Å². The number of nitrogens with zero attached hydrogens (tertiary/aromatic N) is 1. The summed E-state index contributed by atoms with van der Waals surface area (Å²) in [6.45, 7) is 1.40. The van der Waals surface area contributed by atoms with Crippen molar-refractivity contribution in [3.63, 3.8) is 0 Å². The number of hydrogen-bond acceptors (Lipinski definition) is 3. The molecule has 1 fully saturated rings. The molecule has 2 heterocycles. The maximum Gasteiger partial charge on any atom is 0.268 e. The van der Waals surface area contributed by atoms with Gasteiger partial charge in [-0.3, -0.25) is 4.79 Å². The molecule has 1 aliphatic rings. The Hall–Kier alpha value is -1.59. The Morgan fingerprint density at radius 1 is 1.38 bits per heavy atom. The third-order valence-corrected chi connectivity index (χ3v) is 5.11. The van der Waals surface area contributed by atoms with Crippen LogP contribution in [-0.2, 0) is 6.54 Å². The van der Waals surface area contributed by atoms with E-state index in [1.54, 1.807) is 11.3 Å². The molecule has 2 unspecified atom stereocenters. The van der Waals surface area contributed by atoms with Crippen LogP contribution in [-0.4, -0.2) is 23.1 Å². The van der Waals surface area contributed by atoms with Gasteiger partial charge in [-0.25, -0.2) is 0 Å². The number of amides is 1. The summed E-state index contributed by atoms with van der Waals surface area (Å²) in [5.41, 5.74) is 6.51. The van der Waals surface area contributed by atoms with Crippen LogP contribution in [0.25, 0.3) is 0 Å². The number of nitrogens with one attached hydrogen (secondary N) is 1. The second-order valence-corrected chi connectivity index (χ2v) is 6.64. The summed E-state index contributed by atoms with van der Waals surface area (Å²) < 4.78 is 2.01. The third-order valence-electron chi connectivity index (χ3n) is 4.25. The normalized spacial score (nSPS) is 21.6. The van der Waals surface area contributed by atoms with E-state index in [-0.39, 0.29) is 11.9 Å². The van der Waals surface area contributed by atoms with Gasteiger partial charge < -0.3 is 15.6 Å². The summed E-state index contributed by atoms with van der Waals surface area (Å²) in [6, 6.07) is 8.17. The highest BCUT2D eigenvalue weighted by Crippen LogP contribution is 2.25. The molecule has 0 saturated heterocycles. The van der Waals surface area contributed by atoms with Gasteiger partial charge in [0.1, 0.15) is 5.69 Å². The van der Waals surface area contributed by atoms with Crippen LogP contribution in [0.5, 0.6) is 0 Å². The lowest BCUT2D eigenvalue weighted by molar-refractivity contribution is 0.0920. The molecule has 5 heteroatoms. The fourth-order valence-electron chi connectivity index (χ4n) is 3.08. The van der Waals surface area contributed by atoms with E-state index in [0.717, 1.165) is 31.5 Å². The van der Waals surface area contributed by atoms with Crippen molar-refractivity contribution in [1.29, 1.82) is 0 Å². The first kappa shape index (κ1) is 14.4. The van der Waals surface area contributed by atoms with E-state index in [1.165, 1.54) is 4.88 Å². The second kappa shape index (κ2) is 6.45. The third kappa shape index (κ3) is 3.19. The number of thiophene rings is 1. The molecule has 1 amide bonds. The van der Waals surface area contributed by atoms with Gasteiger partial charge in [0.2, 0.25) is 0 Å². The molecular formula is C16H21N3OS. The molecule has 21 heavy (non-hydrogen) atoms. The first-order chi connectivity index (χ1) is 10.3. The summed E-state index contributed by atoms with van der Waals surface area (Å²) in [5, 5.41) is 5.22.